The first-order chi connectivity index (χ1) is 28.8. The molecule has 0 fully saturated rings. The third-order valence-corrected chi connectivity index (χ3v) is 11.9. The van der Waals surface area contributed by atoms with Crippen LogP contribution >= 0.6 is 0 Å². The Labute approximate surface area is 335 Å². The first-order valence-corrected chi connectivity index (χ1v) is 19.7. The SMILES string of the molecule is c1ccc(-c2ccc(-c3nc(-c4ccccc4)nc(-c4cccc5c4-c4ccccc4C54c5ccccc5-n5c(-c6ccccc6)nc6cccc4c65)n3)cc2)cc1. The number of para-hydroxylation sites is 2. The molecule has 0 N–H and O–H groups in total. The molecule has 1 aliphatic heterocycles. The number of rotatable bonds is 5. The van der Waals surface area contributed by atoms with Crippen LogP contribution in [-0.4, -0.2) is 24.5 Å². The molecule has 10 aromatic rings. The molecule has 0 bridgehead atoms. The van der Waals surface area contributed by atoms with Crippen LogP contribution in [0, 0.1) is 0 Å². The number of nitrogens with zero attached hydrogens (tertiary/aromatic N) is 5. The molecule has 5 nitrogen and oxygen atoms in total. The fourth-order valence-electron chi connectivity index (χ4n) is 9.45. The van der Waals surface area contributed by atoms with Crippen molar-refractivity contribution in [1.29, 1.82) is 0 Å². The Morgan fingerprint density at radius 1 is 0.328 bits per heavy atom. The number of benzene rings is 8. The number of imidazole rings is 1. The van der Waals surface area contributed by atoms with Crippen LogP contribution in [0.4, 0.5) is 0 Å². The molecule has 12 rings (SSSR count). The van der Waals surface area contributed by atoms with Gasteiger partial charge in [0.1, 0.15) is 5.82 Å². The van der Waals surface area contributed by atoms with Crippen molar-refractivity contribution in [1.82, 2.24) is 24.5 Å². The van der Waals surface area contributed by atoms with Gasteiger partial charge in [-0.2, -0.15) is 0 Å². The van der Waals surface area contributed by atoms with E-state index in [9.17, 15) is 0 Å². The van der Waals surface area contributed by atoms with Crippen molar-refractivity contribution >= 4 is 11.0 Å². The highest BCUT2D eigenvalue weighted by Crippen LogP contribution is 2.62. The van der Waals surface area contributed by atoms with Gasteiger partial charge in [0, 0.05) is 22.3 Å². The summed E-state index contributed by atoms with van der Waals surface area (Å²) in [6, 6.07) is 70.7. The predicted octanol–water partition coefficient (Wildman–Crippen LogP) is 12.2. The van der Waals surface area contributed by atoms with Gasteiger partial charge in [0.2, 0.25) is 0 Å². The zero-order valence-corrected chi connectivity index (χ0v) is 31.3. The lowest BCUT2D eigenvalue weighted by atomic mass is 9.65. The second kappa shape index (κ2) is 12.6. The van der Waals surface area contributed by atoms with Crippen LogP contribution in [-0.2, 0) is 5.41 Å². The molecule has 1 unspecified atom stereocenters. The third-order valence-electron chi connectivity index (χ3n) is 11.9. The van der Waals surface area contributed by atoms with Gasteiger partial charge in [0.15, 0.2) is 17.5 Å². The molecule has 5 heteroatoms. The summed E-state index contributed by atoms with van der Waals surface area (Å²) in [6.45, 7) is 0. The van der Waals surface area contributed by atoms with Gasteiger partial charge in [0.25, 0.3) is 0 Å². The Morgan fingerprint density at radius 3 is 1.57 bits per heavy atom. The van der Waals surface area contributed by atoms with Crippen molar-refractivity contribution in [3.63, 3.8) is 0 Å². The summed E-state index contributed by atoms with van der Waals surface area (Å²) in [5.41, 5.74) is 16.0. The Morgan fingerprint density at radius 2 is 0.828 bits per heavy atom. The van der Waals surface area contributed by atoms with Gasteiger partial charge in [-0.15, -0.1) is 0 Å². The number of aromatic nitrogens is 5. The molecular weight excluding hydrogens is 707 g/mol. The number of hydrogen-bond donors (Lipinski definition) is 0. The van der Waals surface area contributed by atoms with Crippen LogP contribution in [0.5, 0.6) is 0 Å². The van der Waals surface area contributed by atoms with Crippen LogP contribution in [0.3, 0.4) is 0 Å². The minimum atomic E-state index is -0.618. The van der Waals surface area contributed by atoms with Gasteiger partial charge in [-0.3, -0.25) is 4.57 Å². The van der Waals surface area contributed by atoms with E-state index in [1.807, 2.05) is 24.3 Å². The fourth-order valence-corrected chi connectivity index (χ4v) is 9.45. The van der Waals surface area contributed by atoms with E-state index in [2.05, 4.69) is 180 Å². The lowest BCUT2D eigenvalue weighted by Crippen LogP contribution is -2.33. The minimum Gasteiger partial charge on any atom is -0.292 e. The summed E-state index contributed by atoms with van der Waals surface area (Å²) in [4.78, 5) is 21.0. The summed E-state index contributed by atoms with van der Waals surface area (Å²) in [5, 5.41) is 0. The molecule has 0 saturated heterocycles. The standard InChI is InChI=1S/C53H33N5/c1-4-16-34(17-5-1)35-30-32-37(33-31-35)50-55-49(36-18-6-2-7-19-36)56-51(57-50)40-23-14-26-43-47(40)39-22-10-11-24-41(39)53(43)42-25-12-13-29-46(42)58-48-44(53)27-15-28-45(48)54-52(58)38-20-8-3-9-21-38/h1-33H. The summed E-state index contributed by atoms with van der Waals surface area (Å²) in [6.07, 6.45) is 0. The Bertz CT molecular complexity index is 3210. The van der Waals surface area contributed by atoms with Gasteiger partial charge in [0.05, 0.1) is 22.1 Å². The molecule has 1 aliphatic carbocycles. The van der Waals surface area contributed by atoms with Crippen molar-refractivity contribution in [3.8, 4) is 73.5 Å². The molecule has 1 atom stereocenters. The first kappa shape index (κ1) is 32.5. The summed E-state index contributed by atoms with van der Waals surface area (Å²) < 4.78 is 2.37. The summed E-state index contributed by atoms with van der Waals surface area (Å²) >= 11 is 0. The second-order valence-electron chi connectivity index (χ2n) is 15.0. The van der Waals surface area contributed by atoms with E-state index >= 15 is 0 Å². The maximum absolute atomic E-state index is 5.32. The fraction of sp³-hybridized carbons (Fsp3) is 0.0189. The van der Waals surface area contributed by atoms with E-state index in [0.29, 0.717) is 17.5 Å². The van der Waals surface area contributed by atoms with Gasteiger partial charge < -0.3 is 0 Å². The zero-order valence-electron chi connectivity index (χ0n) is 31.3. The topological polar surface area (TPSA) is 56.5 Å². The van der Waals surface area contributed by atoms with Crippen molar-refractivity contribution in [2.75, 3.05) is 0 Å². The van der Waals surface area contributed by atoms with Gasteiger partial charge in [-0.05, 0) is 56.6 Å². The zero-order chi connectivity index (χ0) is 38.2. The lowest BCUT2D eigenvalue weighted by molar-refractivity contribution is 0.746. The molecular formula is C53H33N5. The lowest BCUT2D eigenvalue weighted by Gasteiger charge is -2.39. The monoisotopic (exact) mass is 739 g/mol. The van der Waals surface area contributed by atoms with Gasteiger partial charge in [-0.1, -0.05) is 188 Å². The number of hydrogen-bond acceptors (Lipinski definition) is 4. The van der Waals surface area contributed by atoms with Crippen LogP contribution in [0.1, 0.15) is 22.3 Å². The molecule has 8 aromatic carbocycles. The van der Waals surface area contributed by atoms with Crippen molar-refractivity contribution in [3.05, 3.63) is 222 Å². The highest BCUT2D eigenvalue weighted by atomic mass is 15.1. The highest BCUT2D eigenvalue weighted by molar-refractivity contribution is 6.00. The van der Waals surface area contributed by atoms with E-state index in [-0.39, 0.29) is 0 Å². The van der Waals surface area contributed by atoms with E-state index < -0.39 is 5.41 Å². The summed E-state index contributed by atoms with van der Waals surface area (Å²) in [7, 11) is 0. The molecule has 0 radical (unpaired) electrons. The average molecular weight is 740 g/mol. The maximum atomic E-state index is 5.32. The largest absolute Gasteiger partial charge is 0.292 e. The summed E-state index contributed by atoms with van der Waals surface area (Å²) in [5.74, 6) is 2.84. The van der Waals surface area contributed by atoms with E-state index in [0.717, 1.165) is 55.9 Å². The molecule has 2 aliphatic rings. The molecule has 0 amide bonds. The molecule has 58 heavy (non-hydrogen) atoms. The van der Waals surface area contributed by atoms with Crippen molar-refractivity contribution in [2.24, 2.45) is 0 Å². The predicted molar refractivity (Wildman–Crippen MR) is 232 cm³/mol. The van der Waals surface area contributed by atoms with Crippen molar-refractivity contribution in [2.45, 2.75) is 5.41 Å². The van der Waals surface area contributed by atoms with Gasteiger partial charge in [-0.25, -0.2) is 19.9 Å². The number of fused-ring (bicyclic) bond motifs is 9. The Balaban J connectivity index is 1.12. The average Bonchev–Trinajstić information content (AvgIpc) is 3.84. The minimum absolute atomic E-state index is 0.618. The highest BCUT2D eigenvalue weighted by Gasteiger charge is 2.51. The normalized spacial score (nSPS) is 14.6. The van der Waals surface area contributed by atoms with E-state index in [1.54, 1.807) is 0 Å². The molecule has 2 aromatic heterocycles. The third kappa shape index (κ3) is 4.64. The van der Waals surface area contributed by atoms with E-state index in [1.165, 1.54) is 33.4 Å². The molecule has 270 valence electrons. The maximum Gasteiger partial charge on any atom is 0.164 e. The van der Waals surface area contributed by atoms with Crippen LogP contribution in [0.15, 0.2) is 200 Å². The molecule has 3 heterocycles. The van der Waals surface area contributed by atoms with Crippen LogP contribution < -0.4 is 0 Å². The van der Waals surface area contributed by atoms with Gasteiger partial charge >= 0.3 is 0 Å². The Kier molecular flexibility index (Phi) is 7.07. The second-order valence-corrected chi connectivity index (χ2v) is 15.0. The first-order valence-electron chi connectivity index (χ1n) is 19.7. The molecule has 1 spiro atoms. The van der Waals surface area contributed by atoms with Crippen LogP contribution in [0.25, 0.3) is 84.5 Å². The Hall–Kier alpha value is -7.76. The van der Waals surface area contributed by atoms with E-state index in [4.69, 9.17) is 19.9 Å². The quantitative estimate of drug-likeness (QED) is 0.176. The van der Waals surface area contributed by atoms with Crippen molar-refractivity contribution < 1.29 is 0 Å². The van der Waals surface area contributed by atoms with Crippen LogP contribution in [0.2, 0.25) is 0 Å². The molecule has 0 saturated carbocycles. The smallest absolute Gasteiger partial charge is 0.164 e.